The van der Waals surface area contributed by atoms with Gasteiger partial charge in [-0.15, -0.1) is 0 Å². The normalized spacial score (nSPS) is 11.9. The number of azide groups is 1. The van der Waals surface area contributed by atoms with Gasteiger partial charge in [-0.2, -0.15) is 0 Å². The van der Waals surface area contributed by atoms with E-state index in [9.17, 15) is 0 Å². The van der Waals surface area contributed by atoms with Gasteiger partial charge in [0.2, 0.25) is 0 Å². The second-order valence-corrected chi connectivity index (χ2v) is 5.13. The zero-order valence-corrected chi connectivity index (χ0v) is 6.91. The van der Waals surface area contributed by atoms with E-state index in [4.69, 9.17) is 5.53 Å². The van der Waals surface area contributed by atoms with Crippen molar-refractivity contribution in [1.82, 2.24) is 0 Å². The smallest absolute Gasteiger partial charge is 0.347 e. The molecule has 0 aromatic heterocycles. The lowest BCUT2D eigenvalue weighted by Gasteiger charge is -2.21. The SMILES string of the molecule is C[N+](C)(C)[SiH2]N=[N+]=[N-]. The van der Waals surface area contributed by atoms with Gasteiger partial charge >= 0.3 is 9.84 Å². The monoisotopic (exact) mass is 131 g/mol. The van der Waals surface area contributed by atoms with Crippen LogP contribution in [0.2, 0.25) is 0 Å². The van der Waals surface area contributed by atoms with Gasteiger partial charge in [0, 0.05) is 4.91 Å². The molecule has 0 aliphatic carbocycles. The van der Waals surface area contributed by atoms with Gasteiger partial charge in [0.1, 0.15) is 0 Å². The van der Waals surface area contributed by atoms with Crippen LogP contribution >= 0.6 is 0 Å². The Labute approximate surface area is 51.3 Å². The van der Waals surface area contributed by atoms with E-state index in [1.54, 1.807) is 0 Å². The third-order valence-corrected chi connectivity index (χ3v) is 1.65. The maximum absolute atomic E-state index is 7.91. The summed E-state index contributed by atoms with van der Waals surface area (Å²) in [6.07, 6.45) is 0. The highest BCUT2D eigenvalue weighted by Crippen LogP contribution is 1.84. The second kappa shape index (κ2) is 2.71. The third-order valence-electron chi connectivity index (χ3n) is 0.551. The molecule has 0 aromatic carbocycles. The van der Waals surface area contributed by atoms with E-state index >= 15 is 0 Å². The molecule has 8 heavy (non-hydrogen) atoms. The molecule has 0 unspecified atom stereocenters. The molecule has 0 saturated carbocycles. The fraction of sp³-hybridized carbons (Fsp3) is 1.00. The van der Waals surface area contributed by atoms with Crippen LogP contribution < -0.4 is 0 Å². The molecular formula is C3H11N4Si+. The van der Waals surface area contributed by atoms with Crippen LogP contribution in [0, 0.1) is 0 Å². The molecule has 0 aliphatic heterocycles. The van der Waals surface area contributed by atoms with Gasteiger partial charge in [0.25, 0.3) is 0 Å². The predicted octanol–water partition coefficient (Wildman–Crippen LogP) is 0.00170. The summed E-state index contributed by atoms with van der Waals surface area (Å²) in [6, 6.07) is 0. The molecule has 0 N–H and O–H groups in total. The van der Waals surface area contributed by atoms with Crippen LogP contribution in [0.3, 0.4) is 0 Å². The van der Waals surface area contributed by atoms with Crippen molar-refractivity contribution in [3.05, 3.63) is 10.4 Å². The average molecular weight is 131 g/mol. The van der Waals surface area contributed by atoms with Gasteiger partial charge in [0.15, 0.2) is 0 Å². The van der Waals surface area contributed by atoms with E-state index in [1.807, 2.05) is 21.1 Å². The summed E-state index contributed by atoms with van der Waals surface area (Å²) in [5.41, 5.74) is 7.91. The fourth-order valence-electron chi connectivity index (χ4n) is 0.218. The Hall–Kier alpha value is -0.513. The molecule has 0 bridgehead atoms. The highest BCUT2D eigenvalue weighted by molar-refractivity contribution is 6.23. The Morgan fingerprint density at radius 1 is 1.50 bits per heavy atom. The van der Waals surface area contributed by atoms with E-state index in [0.29, 0.717) is 0 Å². The number of hydrogen-bond donors (Lipinski definition) is 0. The average Bonchev–Trinajstić information content (AvgIpc) is 1.59. The van der Waals surface area contributed by atoms with Crippen molar-refractivity contribution in [2.75, 3.05) is 21.1 Å². The van der Waals surface area contributed by atoms with E-state index in [1.165, 1.54) is 0 Å². The lowest BCUT2D eigenvalue weighted by atomic mass is 11.0. The Balaban J connectivity index is 3.55. The summed E-state index contributed by atoms with van der Waals surface area (Å²) in [5, 5.41) is 0. The lowest BCUT2D eigenvalue weighted by Crippen LogP contribution is -2.37. The highest BCUT2D eigenvalue weighted by Gasteiger charge is 2.03. The molecule has 0 rings (SSSR count). The van der Waals surface area contributed by atoms with E-state index in [0.717, 1.165) is 4.15 Å². The number of rotatable bonds is 2. The number of quaternary nitrogens is 1. The summed E-state index contributed by atoms with van der Waals surface area (Å²) >= 11 is 0. The minimum absolute atomic E-state index is 0.605. The predicted molar refractivity (Wildman–Crippen MR) is 35.7 cm³/mol. The van der Waals surface area contributed by atoms with E-state index in [-0.39, 0.29) is 0 Å². The van der Waals surface area contributed by atoms with Gasteiger partial charge in [-0.05, 0) is 5.53 Å². The lowest BCUT2D eigenvalue weighted by molar-refractivity contribution is -0.756. The maximum atomic E-state index is 7.91. The molecule has 0 radical (unpaired) electrons. The van der Waals surface area contributed by atoms with Crippen LogP contribution in [0.15, 0.2) is 4.78 Å². The molecule has 5 heteroatoms. The molecule has 0 aromatic rings. The first kappa shape index (κ1) is 7.49. The first-order valence-electron chi connectivity index (χ1n) is 2.37. The summed E-state index contributed by atoms with van der Waals surface area (Å²) in [4.78, 5) is 2.69. The quantitative estimate of drug-likeness (QED) is 0.219. The zero-order valence-electron chi connectivity index (χ0n) is 5.50. The van der Waals surface area contributed by atoms with Gasteiger partial charge in [-0.1, -0.05) is 4.78 Å². The van der Waals surface area contributed by atoms with Crippen LogP contribution in [-0.2, 0) is 0 Å². The first-order valence-corrected chi connectivity index (χ1v) is 3.64. The Kier molecular flexibility index (Phi) is 2.54. The summed E-state index contributed by atoms with van der Waals surface area (Å²) in [6.45, 7) is 0. The van der Waals surface area contributed by atoms with Crippen LogP contribution in [0.25, 0.3) is 10.4 Å². The van der Waals surface area contributed by atoms with Crippen molar-refractivity contribution < 1.29 is 4.15 Å². The van der Waals surface area contributed by atoms with Crippen molar-refractivity contribution in [1.29, 1.82) is 0 Å². The van der Waals surface area contributed by atoms with Crippen LogP contribution in [0.5, 0.6) is 0 Å². The second-order valence-electron chi connectivity index (χ2n) is 2.66. The molecule has 0 atom stereocenters. The standard InChI is InChI=1S/C3H11N4Si/c1-7(2,3)8-6-5-4/h8H2,1-3H3/q+1. The Bertz CT molecular complexity index is 109. The Morgan fingerprint density at radius 3 is 2.12 bits per heavy atom. The summed E-state index contributed by atoms with van der Waals surface area (Å²) in [5.74, 6) is 0. The fourth-order valence-corrected chi connectivity index (χ4v) is 0.654. The highest BCUT2D eigenvalue weighted by atomic mass is 28.2. The van der Waals surface area contributed by atoms with Crippen LogP contribution in [-0.4, -0.2) is 35.1 Å². The van der Waals surface area contributed by atoms with Crippen molar-refractivity contribution >= 4 is 9.84 Å². The summed E-state index contributed by atoms with van der Waals surface area (Å²) < 4.78 is 4.36. The molecule has 0 spiro atoms. The minimum atomic E-state index is -0.605. The molecule has 46 valence electrons. The van der Waals surface area contributed by atoms with Gasteiger partial charge < -0.3 is 4.15 Å². The molecule has 0 heterocycles. The van der Waals surface area contributed by atoms with Crippen molar-refractivity contribution in [3.8, 4) is 0 Å². The largest absolute Gasteiger partial charge is 0.392 e. The third kappa shape index (κ3) is 5.49. The molecule has 0 fully saturated rings. The van der Waals surface area contributed by atoms with Crippen molar-refractivity contribution in [2.24, 2.45) is 4.78 Å². The number of nitrogens with zero attached hydrogens (tertiary/aromatic N) is 4. The van der Waals surface area contributed by atoms with Gasteiger partial charge in [-0.25, -0.2) is 0 Å². The van der Waals surface area contributed by atoms with Crippen LogP contribution in [0.1, 0.15) is 0 Å². The van der Waals surface area contributed by atoms with Crippen LogP contribution in [0.4, 0.5) is 0 Å². The molecular weight excluding hydrogens is 120 g/mol. The molecule has 0 saturated heterocycles. The zero-order chi connectivity index (χ0) is 6.62. The Morgan fingerprint density at radius 2 is 2.00 bits per heavy atom. The number of hydrogen-bond acceptors (Lipinski definition) is 1. The van der Waals surface area contributed by atoms with Gasteiger partial charge in [-0.3, -0.25) is 0 Å². The van der Waals surface area contributed by atoms with E-state index < -0.39 is 9.84 Å². The minimum Gasteiger partial charge on any atom is -0.392 e. The summed E-state index contributed by atoms with van der Waals surface area (Å²) in [7, 11) is 5.48. The van der Waals surface area contributed by atoms with Crippen molar-refractivity contribution in [2.45, 2.75) is 0 Å². The van der Waals surface area contributed by atoms with Gasteiger partial charge in [0.05, 0.1) is 21.1 Å². The van der Waals surface area contributed by atoms with E-state index in [2.05, 4.69) is 9.69 Å². The first-order chi connectivity index (χ1) is 3.56. The van der Waals surface area contributed by atoms with Crippen molar-refractivity contribution in [3.63, 3.8) is 0 Å². The molecule has 0 amide bonds. The topological polar surface area (TPSA) is 48.8 Å². The maximum Gasteiger partial charge on any atom is 0.347 e. The molecule has 0 aliphatic rings. The molecule has 4 nitrogen and oxygen atoms in total.